The number of carbonyl (C=O) groups excluding carboxylic acids is 1. The Kier molecular flexibility index (Phi) is 5.96. The van der Waals surface area contributed by atoms with E-state index in [9.17, 15) is 4.79 Å². The Morgan fingerprint density at radius 2 is 1.46 bits per heavy atom. The zero-order chi connectivity index (χ0) is 19.9. The molecule has 0 aliphatic rings. The lowest BCUT2D eigenvalue weighted by atomic mass is 10.1. The first-order valence-electron chi connectivity index (χ1n) is 8.54. The summed E-state index contributed by atoms with van der Waals surface area (Å²) in [5.74, 6) is 1.61. The van der Waals surface area contributed by atoms with E-state index in [-0.39, 0.29) is 5.91 Å². The van der Waals surface area contributed by atoms with Gasteiger partial charge in [0, 0.05) is 0 Å². The zero-order valence-electron chi connectivity index (χ0n) is 15.9. The van der Waals surface area contributed by atoms with Crippen LogP contribution in [-0.2, 0) is 0 Å². The van der Waals surface area contributed by atoms with Gasteiger partial charge >= 0.3 is 0 Å². The molecule has 0 saturated heterocycles. The Hall–Kier alpha value is -3.74. The molecular weight excluding hydrogens is 358 g/mol. The second kappa shape index (κ2) is 8.77. The lowest BCUT2D eigenvalue weighted by Crippen LogP contribution is -2.15. The van der Waals surface area contributed by atoms with Crippen LogP contribution in [0.5, 0.6) is 17.2 Å². The van der Waals surface area contributed by atoms with Crippen LogP contribution in [0.4, 0.5) is 17.2 Å². The summed E-state index contributed by atoms with van der Waals surface area (Å²) in [5, 5.41) is 5.99. The molecule has 1 heterocycles. The van der Waals surface area contributed by atoms with Gasteiger partial charge in [0.05, 0.1) is 38.9 Å². The van der Waals surface area contributed by atoms with Crippen molar-refractivity contribution in [1.29, 1.82) is 0 Å². The number of anilines is 3. The van der Waals surface area contributed by atoms with Gasteiger partial charge in [0.15, 0.2) is 0 Å². The lowest BCUT2D eigenvalue weighted by Gasteiger charge is -2.13. The number of nitrogens with one attached hydrogen (secondary N) is 2. The van der Waals surface area contributed by atoms with Gasteiger partial charge in [0.2, 0.25) is 0 Å². The van der Waals surface area contributed by atoms with Gasteiger partial charge in [-0.25, -0.2) is 4.98 Å². The highest BCUT2D eigenvalue weighted by Gasteiger charge is 2.18. The average molecular weight is 379 g/mol. The molecule has 0 spiro atoms. The number of pyridine rings is 1. The predicted molar refractivity (Wildman–Crippen MR) is 108 cm³/mol. The van der Waals surface area contributed by atoms with Crippen LogP contribution in [0, 0.1) is 0 Å². The van der Waals surface area contributed by atoms with Crippen LogP contribution >= 0.6 is 0 Å². The highest BCUT2D eigenvalue weighted by atomic mass is 16.5. The molecular formula is C21H21N3O4. The topological polar surface area (TPSA) is 81.7 Å². The van der Waals surface area contributed by atoms with Crippen molar-refractivity contribution in [1.82, 2.24) is 4.98 Å². The normalized spacial score (nSPS) is 10.1. The molecule has 0 aliphatic heterocycles. The Balaban J connectivity index is 1.75. The van der Waals surface area contributed by atoms with Crippen molar-refractivity contribution in [2.24, 2.45) is 0 Å². The van der Waals surface area contributed by atoms with Crippen LogP contribution < -0.4 is 24.8 Å². The molecule has 0 aliphatic carbocycles. The fourth-order valence-electron chi connectivity index (χ4n) is 2.70. The number of methoxy groups -OCH3 is 3. The van der Waals surface area contributed by atoms with Gasteiger partial charge in [-0.3, -0.25) is 4.79 Å². The van der Waals surface area contributed by atoms with Crippen molar-refractivity contribution in [2.75, 3.05) is 32.0 Å². The smallest absolute Gasteiger partial charge is 0.264 e. The maximum Gasteiger partial charge on any atom is 0.264 e. The van der Waals surface area contributed by atoms with Crippen molar-refractivity contribution < 1.29 is 19.0 Å². The van der Waals surface area contributed by atoms with Gasteiger partial charge in [0.1, 0.15) is 28.6 Å². The van der Waals surface area contributed by atoms with Crippen molar-refractivity contribution in [3.63, 3.8) is 0 Å². The molecule has 2 aromatic carbocycles. The first-order chi connectivity index (χ1) is 13.7. The fraction of sp³-hybridized carbons (Fsp3) is 0.143. The van der Waals surface area contributed by atoms with Crippen LogP contribution in [0.2, 0.25) is 0 Å². The second-order valence-electron chi connectivity index (χ2n) is 5.75. The van der Waals surface area contributed by atoms with Gasteiger partial charge < -0.3 is 24.8 Å². The van der Waals surface area contributed by atoms with E-state index in [0.29, 0.717) is 22.9 Å². The standard InChI is InChI=1S/C21H21N3O4/c1-26-16-8-5-4-7-15(16)23-14-11-12-19(22-13-14)24-21(25)20-17(27-2)9-6-10-18(20)28-3/h4-13,23H,1-3H3,(H,22,24,25). The number of ether oxygens (including phenoxy) is 3. The summed E-state index contributed by atoms with van der Waals surface area (Å²) in [6.07, 6.45) is 1.63. The van der Waals surface area contributed by atoms with E-state index in [4.69, 9.17) is 14.2 Å². The summed E-state index contributed by atoms with van der Waals surface area (Å²) in [6.45, 7) is 0. The van der Waals surface area contributed by atoms with Crippen molar-refractivity contribution in [3.05, 3.63) is 66.4 Å². The van der Waals surface area contributed by atoms with Crippen LogP contribution in [0.3, 0.4) is 0 Å². The molecule has 3 rings (SSSR count). The van der Waals surface area contributed by atoms with Gasteiger partial charge in [-0.15, -0.1) is 0 Å². The molecule has 7 nitrogen and oxygen atoms in total. The summed E-state index contributed by atoms with van der Waals surface area (Å²) in [5.41, 5.74) is 1.89. The summed E-state index contributed by atoms with van der Waals surface area (Å²) in [6, 6.07) is 16.3. The number of benzene rings is 2. The predicted octanol–water partition coefficient (Wildman–Crippen LogP) is 4.10. The van der Waals surface area contributed by atoms with Crippen LogP contribution in [-0.4, -0.2) is 32.2 Å². The monoisotopic (exact) mass is 379 g/mol. The molecule has 0 bridgehead atoms. The van der Waals surface area contributed by atoms with Gasteiger partial charge in [-0.05, 0) is 36.4 Å². The summed E-state index contributed by atoms with van der Waals surface area (Å²) >= 11 is 0. The first-order valence-corrected chi connectivity index (χ1v) is 8.54. The van der Waals surface area contributed by atoms with E-state index in [1.807, 2.05) is 30.3 Å². The average Bonchev–Trinajstić information content (AvgIpc) is 2.74. The molecule has 1 aromatic heterocycles. The molecule has 0 fully saturated rings. The number of para-hydroxylation sites is 2. The fourth-order valence-corrected chi connectivity index (χ4v) is 2.70. The minimum absolute atomic E-state index is 0.311. The van der Waals surface area contributed by atoms with Gasteiger partial charge in [0.25, 0.3) is 5.91 Å². The lowest BCUT2D eigenvalue weighted by molar-refractivity contribution is 0.102. The maximum absolute atomic E-state index is 12.7. The molecule has 3 aromatic rings. The Morgan fingerprint density at radius 3 is 2.07 bits per heavy atom. The number of aromatic nitrogens is 1. The van der Waals surface area contributed by atoms with Gasteiger partial charge in [-0.1, -0.05) is 18.2 Å². The molecule has 0 saturated carbocycles. The van der Waals surface area contributed by atoms with Crippen LogP contribution in [0.25, 0.3) is 0 Å². The maximum atomic E-state index is 12.7. The molecule has 144 valence electrons. The van der Waals surface area contributed by atoms with E-state index in [2.05, 4.69) is 15.6 Å². The van der Waals surface area contributed by atoms with E-state index in [1.54, 1.807) is 37.6 Å². The van der Waals surface area contributed by atoms with Crippen molar-refractivity contribution >= 4 is 23.1 Å². The zero-order valence-corrected chi connectivity index (χ0v) is 15.9. The Bertz CT molecular complexity index is 936. The molecule has 0 atom stereocenters. The molecule has 0 radical (unpaired) electrons. The quantitative estimate of drug-likeness (QED) is 0.643. The van der Waals surface area contributed by atoms with E-state index < -0.39 is 0 Å². The molecule has 1 amide bonds. The number of hydrogen-bond acceptors (Lipinski definition) is 6. The molecule has 2 N–H and O–H groups in total. The number of rotatable bonds is 7. The van der Waals surface area contributed by atoms with Gasteiger partial charge in [-0.2, -0.15) is 0 Å². The third-order valence-electron chi connectivity index (χ3n) is 4.05. The van der Waals surface area contributed by atoms with Crippen LogP contribution in [0.1, 0.15) is 10.4 Å². The third kappa shape index (κ3) is 4.15. The SMILES string of the molecule is COc1ccccc1Nc1ccc(NC(=O)c2c(OC)cccc2OC)nc1. The van der Waals surface area contributed by atoms with Crippen LogP contribution in [0.15, 0.2) is 60.8 Å². The number of carbonyl (C=O) groups is 1. The Labute approximate surface area is 163 Å². The van der Waals surface area contributed by atoms with Crippen molar-refractivity contribution in [3.8, 4) is 17.2 Å². The third-order valence-corrected chi connectivity index (χ3v) is 4.05. The van der Waals surface area contributed by atoms with E-state index in [0.717, 1.165) is 17.1 Å². The van der Waals surface area contributed by atoms with E-state index >= 15 is 0 Å². The van der Waals surface area contributed by atoms with Crippen molar-refractivity contribution in [2.45, 2.75) is 0 Å². The first kappa shape index (κ1) is 19.0. The second-order valence-corrected chi connectivity index (χ2v) is 5.75. The molecule has 28 heavy (non-hydrogen) atoms. The number of nitrogens with zero attached hydrogens (tertiary/aromatic N) is 1. The highest BCUT2D eigenvalue weighted by Crippen LogP contribution is 2.29. The summed E-state index contributed by atoms with van der Waals surface area (Å²) in [7, 11) is 4.62. The summed E-state index contributed by atoms with van der Waals surface area (Å²) in [4.78, 5) is 17.0. The molecule has 7 heteroatoms. The van der Waals surface area contributed by atoms with E-state index in [1.165, 1.54) is 14.2 Å². The largest absolute Gasteiger partial charge is 0.496 e. The minimum Gasteiger partial charge on any atom is -0.496 e. The highest BCUT2D eigenvalue weighted by molar-refractivity contribution is 6.07. The summed E-state index contributed by atoms with van der Waals surface area (Å²) < 4.78 is 15.9. The number of amides is 1. The number of hydrogen-bond donors (Lipinski definition) is 2. The molecule has 0 unspecified atom stereocenters. The Morgan fingerprint density at radius 1 is 0.821 bits per heavy atom. The minimum atomic E-state index is -0.368.